The summed E-state index contributed by atoms with van der Waals surface area (Å²) in [5.41, 5.74) is -1.65. The van der Waals surface area contributed by atoms with Crippen LogP contribution in [0.3, 0.4) is 0 Å². The number of aromatic nitrogens is 4. The van der Waals surface area contributed by atoms with E-state index >= 15 is 0 Å². The number of carbonyl (C=O) groups excluding carboxylic acids is 1. The Hall–Kier alpha value is -2.92. The minimum Gasteiger partial charge on any atom is -0.369 e. The van der Waals surface area contributed by atoms with Crippen LogP contribution in [0.4, 0.5) is 33.3 Å². The summed E-state index contributed by atoms with van der Waals surface area (Å²) < 4.78 is 66.5. The average Bonchev–Trinajstić information content (AvgIpc) is 2.82. The van der Waals surface area contributed by atoms with Crippen LogP contribution in [0.2, 0.25) is 0 Å². The Morgan fingerprint density at radius 3 is 2.61 bits per heavy atom. The lowest BCUT2D eigenvalue weighted by Gasteiger charge is -2.25. The lowest BCUT2D eigenvalue weighted by atomic mass is 10.1. The summed E-state index contributed by atoms with van der Waals surface area (Å²) >= 11 is 0. The molecule has 1 N–H and O–H groups in total. The molecule has 2 aromatic rings. The SMILES string of the molecule is O=C(Nc1ccnnc1)c1nnc(C(F)(F)F)cc1N1CCCC(F)(F)CC1. The molecule has 3 rings (SSSR count). The van der Waals surface area contributed by atoms with Crippen molar-refractivity contribution in [2.24, 2.45) is 0 Å². The highest BCUT2D eigenvalue weighted by molar-refractivity contribution is 6.06. The van der Waals surface area contributed by atoms with E-state index in [0.29, 0.717) is 6.07 Å². The lowest BCUT2D eigenvalue weighted by Crippen LogP contribution is -2.30. The van der Waals surface area contributed by atoms with Crippen molar-refractivity contribution in [1.82, 2.24) is 20.4 Å². The van der Waals surface area contributed by atoms with Crippen LogP contribution in [0.15, 0.2) is 24.5 Å². The Labute approximate surface area is 156 Å². The number of rotatable bonds is 3. The molecule has 1 fully saturated rings. The van der Waals surface area contributed by atoms with Crippen LogP contribution in [0.1, 0.15) is 35.4 Å². The summed E-state index contributed by atoms with van der Waals surface area (Å²) in [6.45, 7) is -0.150. The van der Waals surface area contributed by atoms with E-state index in [1.54, 1.807) is 0 Å². The summed E-state index contributed by atoms with van der Waals surface area (Å²) in [6.07, 6.45) is -3.09. The first-order valence-corrected chi connectivity index (χ1v) is 8.31. The Bertz CT molecular complexity index is 845. The number of nitrogens with zero attached hydrogens (tertiary/aromatic N) is 5. The maximum atomic E-state index is 13.6. The second kappa shape index (κ2) is 7.60. The number of halogens is 5. The van der Waals surface area contributed by atoms with Crippen LogP contribution < -0.4 is 10.2 Å². The highest BCUT2D eigenvalue weighted by Gasteiger charge is 2.37. The van der Waals surface area contributed by atoms with Crippen molar-refractivity contribution in [2.45, 2.75) is 31.4 Å². The van der Waals surface area contributed by atoms with Gasteiger partial charge in [-0.2, -0.15) is 23.4 Å². The molecule has 150 valence electrons. The molecule has 0 spiro atoms. The summed E-state index contributed by atoms with van der Waals surface area (Å²) in [5.74, 6) is -3.74. The molecule has 0 saturated carbocycles. The summed E-state index contributed by atoms with van der Waals surface area (Å²) in [4.78, 5) is 13.8. The van der Waals surface area contributed by atoms with E-state index in [-0.39, 0.29) is 37.3 Å². The molecule has 1 aliphatic rings. The molecule has 0 aliphatic carbocycles. The second-order valence-corrected chi connectivity index (χ2v) is 6.24. The predicted octanol–water partition coefficient (Wildman–Crippen LogP) is 3.16. The van der Waals surface area contributed by atoms with Crippen LogP contribution in [0.25, 0.3) is 0 Å². The first-order valence-electron chi connectivity index (χ1n) is 8.31. The van der Waals surface area contributed by atoms with Gasteiger partial charge in [0.1, 0.15) is 0 Å². The van der Waals surface area contributed by atoms with E-state index in [1.165, 1.54) is 23.4 Å². The molecule has 0 aromatic carbocycles. The van der Waals surface area contributed by atoms with Gasteiger partial charge in [-0.05, 0) is 18.6 Å². The molecular weight excluding hydrogens is 387 g/mol. The Balaban J connectivity index is 1.96. The fraction of sp³-hybridized carbons (Fsp3) is 0.438. The zero-order valence-corrected chi connectivity index (χ0v) is 14.4. The Morgan fingerprint density at radius 1 is 1.14 bits per heavy atom. The van der Waals surface area contributed by atoms with Crippen LogP contribution in [-0.2, 0) is 6.18 Å². The normalized spacial score (nSPS) is 17.1. The van der Waals surface area contributed by atoms with Crippen LogP contribution in [0, 0.1) is 0 Å². The zero-order chi connectivity index (χ0) is 20.4. The van der Waals surface area contributed by atoms with Crippen molar-refractivity contribution in [1.29, 1.82) is 0 Å². The van der Waals surface area contributed by atoms with Gasteiger partial charge in [0.25, 0.3) is 5.91 Å². The van der Waals surface area contributed by atoms with Gasteiger partial charge in [0.2, 0.25) is 5.92 Å². The maximum absolute atomic E-state index is 13.6. The third kappa shape index (κ3) is 4.67. The number of anilines is 2. The molecule has 0 unspecified atom stereocenters. The van der Waals surface area contributed by atoms with Crippen molar-refractivity contribution in [3.63, 3.8) is 0 Å². The van der Waals surface area contributed by atoms with Gasteiger partial charge in [-0.3, -0.25) is 4.79 Å². The van der Waals surface area contributed by atoms with Gasteiger partial charge < -0.3 is 10.2 Å². The topological polar surface area (TPSA) is 83.9 Å². The van der Waals surface area contributed by atoms with E-state index in [9.17, 15) is 26.7 Å². The average molecular weight is 402 g/mol. The van der Waals surface area contributed by atoms with E-state index < -0.39 is 35.8 Å². The van der Waals surface area contributed by atoms with Gasteiger partial charge in [-0.1, -0.05) is 0 Å². The summed E-state index contributed by atoms with van der Waals surface area (Å²) in [6, 6.07) is 2.09. The van der Waals surface area contributed by atoms with Gasteiger partial charge in [-0.15, -0.1) is 10.2 Å². The van der Waals surface area contributed by atoms with Gasteiger partial charge in [0.15, 0.2) is 11.4 Å². The monoisotopic (exact) mass is 402 g/mol. The van der Waals surface area contributed by atoms with Gasteiger partial charge >= 0.3 is 6.18 Å². The zero-order valence-electron chi connectivity index (χ0n) is 14.4. The Morgan fingerprint density at radius 2 is 1.93 bits per heavy atom. The van der Waals surface area contributed by atoms with Crippen LogP contribution in [-0.4, -0.2) is 45.3 Å². The third-order valence-electron chi connectivity index (χ3n) is 4.18. The quantitative estimate of drug-likeness (QED) is 0.794. The highest BCUT2D eigenvalue weighted by atomic mass is 19.4. The van der Waals surface area contributed by atoms with Crippen molar-refractivity contribution < 1.29 is 26.7 Å². The number of carbonyl (C=O) groups is 1. The van der Waals surface area contributed by atoms with E-state index in [2.05, 4.69) is 25.7 Å². The van der Waals surface area contributed by atoms with E-state index in [4.69, 9.17) is 0 Å². The molecule has 1 saturated heterocycles. The molecule has 0 bridgehead atoms. The van der Waals surface area contributed by atoms with Crippen LogP contribution in [0.5, 0.6) is 0 Å². The van der Waals surface area contributed by atoms with Gasteiger partial charge in [0.05, 0.1) is 23.8 Å². The fourth-order valence-electron chi connectivity index (χ4n) is 2.78. The maximum Gasteiger partial charge on any atom is 0.435 e. The molecule has 2 aromatic heterocycles. The lowest BCUT2D eigenvalue weighted by molar-refractivity contribution is -0.141. The van der Waals surface area contributed by atoms with Crippen LogP contribution >= 0.6 is 0 Å². The third-order valence-corrected chi connectivity index (χ3v) is 4.18. The van der Waals surface area contributed by atoms with Crippen molar-refractivity contribution in [2.75, 3.05) is 23.3 Å². The van der Waals surface area contributed by atoms with Crippen molar-refractivity contribution >= 4 is 17.3 Å². The van der Waals surface area contributed by atoms with Crippen molar-refractivity contribution in [3.05, 3.63) is 35.9 Å². The Kier molecular flexibility index (Phi) is 5.38. The predicted molar refractivity (Wildman–Crippen MR) is 88.0 cm³/mol. The van der Waals surface area contributed by atoms with Gasteiger partial charge in [0, 0.05) is 25.9 Å². The number of hydrogen-bond acceptors (Lipinski definition) is 6. The minimum atomic E-state index is -4.79. The fourth-order valence-corrected chi connectivity index (χ4v) is 2.78. The number of alkyl halides is 5. The minimum absolute atomic E-state index is 0.0615. The largest absolute Gasteiger partial charge is 0.435 e. The molecule has 1 amide bonds. The van der Waals surface area contributed by atoms with E-state index in [0.717, 1.165) is 0 Å². The molecular formula is C16H15F5N6O. The number of amides is 1. The second-order valence-electron chi connectivity index (χ2n) is 6.24. The van der Waals surface area contributed by atoms with Gasteiger partial charge in [-0.25, -0.2) is 8.78 Å². The number of hydrogen-bond donors (Lipinski definition) is 1. The standard InChI is InChI=1S/C16H15F5N6O/c17-15(18)3-1-6-27(7-4-15)11-8-12(16(19,20)21)25-26-13(11)14(28)24-10-2-5-22-23-9-10/h2,5,8-9H,1,3-4,6-7H2,(H,22,24,28). The summed E-state index contributed by atoms with van der Waals surface area (Å²) in [5, 5.41) is 16.1. The summed E-state index contributed by atoms with van der Waals surface area (Å²) in [7, 11) is 0. The van der Waals surface area contributed by atoms with E-state index in [1.807, 2.05) is 0 Å². The van der Waals surface area contributed by atoms with Crippen molar-refractivity contribution in [3.8, 4) is 0 Å². The number of nitrogens with one attached hydrogen (secondary N) is 1. The molecule has 28 heavy (non-hydrogen) atoms. The molecule has 7 nitrogen and oxygen atoms in total. The smallest absolute Gasteiger partial charge is 0.369 e. The highest BCUT2D eigenvalue weighted by Crippen LogP contribution is 2.34. The molecule has 3 heterocycles. The molecule has 0 atom stereocenters. The molecule has 1 aliphatic heterocycles. The first kappa shape index (κ1) is 19.8. The molecule has 0 radical (unpaired) electrons. The first-order chi connectivity index (χ1) is 13.2. The molecule has 12 heteroatoms.